The molecule has 2 aliphatic rings. The Morgan fingerprint density at radius 1 is 1.11 bits per heavy atom. The zero-order chi connectivity index (χ0) is 25.0. The summed E-state index contributed by atoms with van der Waals surface area (Å²) in [6.45, 7) is 2.29. The van der Waals surface area contributed by atoms with Gasteiger partial charge in [0.25, 0.3) is 11.8 Å². The van der Waals surface area contributed by atoms with Crippen molar-refractivity contribution in [1.29, 1.82) is 0 Å². The van der Waals surface area contributed by atoms with E-state index in [9.17, 15) is 14.4 Å². The van der Waals surface area contributed by atoms with Crippen molar-refractivity contribution < 1.29 is 18.8 Å². The highest BCUT2D eigenvalue weighted by atomic mass is 16.3. The predicted octanol–water partition coefficient (Wildman–Crippen LogP) is 2.73. The fourth-order valence-electron chi connectivity index (χ4n) is 4.84. The van der Waals surface area contributed by atoms with Gasteiger partial charge >= 0.3 is 6.03 Å². The molecular formula is C26H22N6O4. The number of nitrogens with one attached hydrogen (secondary N) is 2. The summed E-state index contributed by atoms with van der Waals surface area (Å²) in [4.78, 5) is 48.4. The maximum Gasteiger partial charge on any atom is 0.322 e. The van der Waals surface area contributed by atoms with Crippen LogP contribution in [0.3, 0.4) is 0 Å². The lowest BCUT2D eigenvalue weighted by atomic mass is 9.95. The summed E-state index contributed by atoms with van der Waals surface area (Å²) in [5.41, 5.74) is 8.66. The summed E-state index contributed by atoms with van der Waals surface area (Å²) in [6.07, 6.45) is 2.39. The first-order chi connectivity index (χ1) is 17.4. The fraction of sp³-hybridized carbons (Fsp3) is 0.192. The molecule has 4 amide bonds. The van der Waals surface area contributed by atoms with Gasteiger partial charge in [-0.1, -0.05) is 19.1 Å². The number of imide groups is 1. The molecule has 0 radical (unpaired) electrons. The lowest BCUT2D eigenvalue weighted by Gasteiger charge is -2.29. The number of nitrogen functional groups attached to an aromatic ring is 1. The number of hydrogen-bond donors (Lipinski definition) is 3. The van der Waals surface area contributed by atoms with E-state index in [1.165, 1.54) is 0 Å². The van der Waals surface area contributed by atoms with Crippen LogP contribution in [0.25, 0.3) is 22.2 Å². The average Bonchev–Trinajstić information content (AvgIpc) is 3.52. The zero-order valence-corrected chi connectivity index (χ0v) is 19.4. The molecule has 2 aromatic heterocycles. The van der Waals surface area contributed by atoms with Crippen molar-refractivity contribution >= 4 is 34.8 Å². The van der Waals surface area contributed by atoms with Gasteiger partial charge in [-0.3, -0.25) is 14.9 Å². The topological polar surface area (TPSA) is 143 Å². The molecule has 4 N–H and O–H groups in total. The molecule has 0 aliphatic carbocycles. The standard InChI is InChI=1S/C26H22N6O4/c1-2-14-3-4-16-12-32(22(33)18(16)9-14)13-26(23(34)30-25(35)31-26)21-11-17-10-15(5-6-20(17)36-21)19-7-8-28-24(27)29-19/h3-11H,2,12-13H2,1H3,(H2,27,28,29)(H2,30,31,34,35)/t26-/m0/s1. The highest BCUT2D eigenvalue weighted by Gasteiger charge is 2.53. The molecule has 36 heavy (non-hydrogen) atoms. The molecule has 2 aromatic carbocycles. The van der Waals surface area contributed by atoms with E-state index in [4.69, 9.17) is 10.2 Å². The number of carbonyl (C=O) groups is 3. The van der Waals surface area contributed by atoms with Crippen LogP contribution < -0.4 is 16.4 Å². The first kappa shape index (κ1) is 21.8. The smallest absolute Gasteiger partial charge is 0.322 e. The van der Waals surface area contributed by atoms with Crippen molar-refractivity contribution in [1.82, 2.24) is 25.5 Å². The highest BCUT2D eigenvalue weighted by molar-refractivity contribution is 6.08. The molecule has 4 aromatic rings. The Bertz CT molecular complexity index is 1580. The van der Waals surface area contributed by atoms with Crippen molar-refractivity contribution in [2.75, 3.05) is 12.3 Å². The van der Waals surface area contributed by atoms with Gasteiger partial charge in [-0.25, -0.2) is 14.8 Å². The van der Waals surface area contributed by atoms with Crippen LogP contribution in [0, 0.1) is 0 Å². The van der Waals surface area contributed by atoms with Crippen LogP contribution in [0.1, 0.15) is 34.2 Å². The number of urea groups is 1. The van der Waals surface area contributed by atoms with Crippen LogP contribution in [0.15, 0.2) is 59.1 Å². The summed E-state index contributed by atoms with van der Waals surface area (Å²) >= 11 is 0. The molecule has 2 aliphatic heterocycles. The molecule has 0 spiro atoms. The third kappa shape index (κ3) is 3.37. The molecule has 0 saturated carbocycles. The first-order valence-electron chi connectivity index (χ1n) is 11.5. The maximum absolute atomic E-state index is 13.2. The van der Waals surface area contributed by atoms with Gasteiger partial charge in [0, 0.05) is 29.3 Å². The third-order valence-corrected chi connectivity index (χ3v) is 6.74. The van der Waals surface area contributed by atoms with E-state index < -0.39 is 17.5 Å². The maximum atomic E-state index is 13.2. The predicted molar refractivity (Wildman–Crippen MR) is 131 cm³/mol. The molecule has 1 atom stereocenters. The minimum Gasteiger partial charge on any atom is -0.458 e. The Hall–Kier alpha value is -4.73. The normalized spacial score (nSPS) is 19.0. The van der Waals surface area contributed by atoms with Gasteiger partial charge in [-0.05, 0) is 53.9 Å². The number of carbonyl (C=O) groups excluding carboxylic acids is 3. The molecule has 10 heteroatoms. The molecule has 1 fully saturated rings. The van der Waals surface area contributed by atoms with E-state index in [1.54, 1.807) is 29.3 Å². The van der Waals surface area contributed by atoms with E-state index in [1.807, 2.05) is 37.3 Å². The molecule has 4 heterocycles. The van der Waals surface area contributed by atoms with E-state index in [-0.39, 0.29) is 24.2 Å². The Morgan fingerprint density at radius 3 is 2.72 bits per heavy atom. The van der Waals surface area contributed by atoms with E-state index in [0.29, 0.717) is 28.8 Å². The number of fused-ring (bicyclic) bond motifs is 2. The molecular weight excluding hydrogens is 460 g/mol. The summed E-state index contributed by atoms with van der Waals surface area (Å²) < 4.78 is 6.08. The van der Waals surface area contributed by atoms with Crippen LogP contribution >= 0.6 is 0 Å². The van der Waals surface area contributed by atoms with Gasteiger partial charge in [0.15, 0.2) is 5.54 Å². The summed E-state index contributed by atoms with van der Waals surface area (Å²) in [5, 5.41) is 5.73. The molecule has 6 rings (SSSR count). The number of rotatable bonds is 5. The van der Waals surface area contributed by atoms with Gasteiger partial charge in [0.1, 0.15) is 11.3 Å². The lowest BCUT2D eigenvalue weighted by Crippen LogP contribution is -2.52. The van der Waals surface area contributed by atoms with Crippen molar-refractivity contribution in [2.45, 2.75) is 25.4 Å². The second kappa shape index (κ2) is 7.91. The number of nitrogens with two attached hydrogens (primary N) is 1. The third-order valence-electron chi connectivity index (χ3n) is 6.74. The van der Waals surface area contributed by atoms with Gasteiger partial charge < -0.3 is 20.4 Å². The number of anilines is 1. The Labute approximate surface area is 205 Å². The number of benzene rings is 2. The largest absolute Gasteiger partial charge is 0.458 e. The Balaban J connectivity index is 1.38. The van der Waals surface area contributed by atoms with Crippen LogP contribution in [-0.2, 0) is 23.3 Å². The van der Waals surface area contributed by atoms with Crippen LogP contribution in [0.4, 0.5) is 10.7 Å². The van der Waals surface area contributed by atoms with Crippen molar-refractivity contribution in [3.8, 4) is 11.3 Å². The number of hydrogen-bond acceptors (Lipinski definition) is 7. The zero-order valence-electron chi connectivity index (χ0n) is 19.4. The number of aryl methyl sites for hydroxylation is 1. The summed E-state index contributed by atoms with van der Waals surface area (Å²) in [5.74, 6) is -0.368. The number of amides is 4. The second-order valence-corrected chi connectivity index (χ2v) is 8.98. The second-order valence-electron chi connectivity index (χ2n) is 8.98. The summed E-state index contributed by atoms with van der Waals surface area (Å²) in [6, 6.07) is 14.1. The minimum atomic E-state index is -1.57. The van der Waals surface area contributed by atoms with Gasteiger partial charge in [-0.2, -0.15) is 0 Å². The number of aromatic nitrogens is 2. The Kier molecular flexibility index (Phi) is 4.78. The van der Waals surface area contributed by atoms with Crippen LogP contribution in [0.5, 0.6) is 0 Å². The van der Waals surface area contributed by atoms with Gasteiger partial charge in [0.2, 0.25) is 5.95 Å². The van der Waals surface area contributed by atoms with Gasteiger partial charge in [0.05, 0.1) is 12.2 Å². The summed E-state index contributed by atoms with van der Waals surface area (Å²) in [7, 11) is 0. The van der Waals surface area contributed by atoms with E-state index >= 15 is 0 Å². The number of nitrogens with zero attached hydrogens (tertiary/aromatic N) is 3. The Morgan fingerprint density at radius 2 is 1.97 bits per heavy atom. The van der Waals surface area contributed by atoms with E-state index in [2.05, 4.69) is 20.6 Å². The molecule has 10 nitrogen and oxygen atoms in total. The molecule has 0 bridgehead atoms. The first-order valence-corrected chi connectivity index (χ1v) is 11.5. The van der Waals surface area contributed by atoms with Crippen molar-refractivity contribution in [2.24, 2.45) is 0 Å². The van der Waals surface area contributed by atoms with Gasteiger partial charge in [-0.15, -0.1) is 0 Å². The van der Waals surface area contributed by atoms with E-state index in [0.717, 1.165) is 23.1 Å². The molecule has 1 saturated heterocycles. The highest BCUT2D eigenvalue weighted by Crippen LogP contribution is 2.35. The van der Waals surface area contributed by atoms with Crippen LogP contribution in [0.2, 0.25) is 0 Å². The minimum absolute atomic E-state index is 0.0747. The molecule has 180 valence electrons. The van der Waals surface area contributed by atoms with Crippen molar-refractivity contribution in [3.63, 3.8) is 0 Å². The molecule has 0 unspecified atom stereocenters. The number of furan rings is 1. The SMILES string of the molecule is CCc1ccc2c(c1)C(=O)N(C[C@@]1(c3cc4cc(-c5ccnc(N)n5)ccc4o3)NC(=O)NC1=O)C2. The monoisotopic (exact) mass is 482 g/mol. The quantitative estimate of drug-likeness (QED) is 0.371. The fourth-order valence-corrected chi connectivity index (χ4v) is 4.84. The van der Waals surface area contributed by atoms with Crippen LogP contribution in [-0.4, -0.2) is 39.3 Å². The lowest BCUT2D eigenvalue weighted by molar-refractivity contribution is -0.125. The van der Waals surface area contributed by atoms with Crippen molar-refractivity contribution in [3.05, 3.63) is 77.2 Å². The average molecular weight is 483 g/mol.